The molecule has 2 aliphatic rings. The number of carbonyl (C=O) groups excluding carboxylic acids is 1. The third kappa shape index (κ3) is 4.08. The second kappa shape index (κ2) is 6.80. The van der Waals surface area contributed by atoms with E-state index in [4.69, 9.17) is 0 Å². The van der Waals surface area contributed by atoms with E-state index < -0.39 is 0 Å². The van der Waals surface area contributed by atoms with Crippen LogP contribution in [-0.2, 0) is 11.3 Å². The van der Waals surface area contributed by atoms with Crippen LogP contribution in [0.4, 0.5) is 0 Å². The van der Waals surface area contributed by atoms with Crippen LogP contribution in [0.15, 0.2) is 24.3 Å². The van der Waals surface area contributed by atoms with Crippen LogP contribution in [0.2, 0.25) is 0 Å². The minimum Gasteiger partial charge on any atom is -0.348 e. The number of benzene rings is 1. The minimum atomic E-state index is 0.0983. The van der Waals surface area contributed by atoms with Gasteiger partial charge < -0.3 is 15.1 Å². The van der Waals surface area contributed by atoms with Crippen LogP contribution in [0.25, 0.3) is 0 Å². The first-order chi connectivity index (χ1) is 10.6. The van der Waals surface area contributed by atoms with Crippen LogP contribution in [0.1, 0.15) is 30.9 Å². The lowest BCUT2D eigenvalue weighted by Gasteiger charge is -2.32. The molecule has 1 heterocycles. The van der Waals surface area contributed by atoms with Crippen molar-refractivity contribution in [2.45, 2.75) is 45.3 Å². The van der Waals surface area contributed by atoms with Crippen molar-refractivity contribution in [1.29, 1.82) is 0 Å². The van der Waals surface area contributed by atoms with Crippen molar-refractivity contribution in [2.75, 3.05) is 26.2 Å². The molecule has 1 aliphatic carbocycles. The third-order valence-corrected chi connectivity index (χ3v) is 5.07. The van der Waals surface area contributed by atoms with Crippen molar-refractivity contribution in [2.24, 2.45) is 0 Å². The Morgan fingerprint density at radius 2 is 2.00 bits per heavy atom. The van der Waals surface area contributed by atoms with Gasteiger partial charge in [0.15, 0.2) is 6.04 Å². The molecule has 0 aromatic heterocycles. The summed E-state index contributed by atoms with van der Waals surface area (Å²) in [5.41, 5.74) is 2.77. The lowest BCUT2D eigenvalue weighted by atomic mass is 10.1. The van der Waals surface area contributed by atoms with Gasteiger partial charge in [-0.2, -0.15) is 0 Å². The second-order valence-corrected chi connectivity index (χ2v) is 7.08. The first kappa shape index (κ1) is 15.5. The summed E-state index contributed by atoms with van der Waals surface area (Å²) in [7, 11) is 0. The Labute approximate surface area is 133 Å². The van der Waals surface area contributed by atoms with Crippen LogP contribution in [-0.4, -0.2) is 44.2 Å². The molecule has 1 aromatic carbocycles. The summed E-state index contributed by atoms with van der Waals surface area (Å²) >= 11 is 0. The fourth-order valence-corrected chi connectivity index (χ4v) is 3.38. The van der Waals surface area contributed by atoms with Crippen molar-refractivity contribution in [3.63, 3.8) is 0 Å². The highest BCUT2D eigenvalue weighted by Crippen LogP contribution is 2.18. The van der Waals surface area contributed by atoms with E-state index in [1.54, 1.807) is 4.90 Å². The third-order valence-electron chi connectivity index (χ3n) is 5.07. The molecule has 0 spiro atoms. The lowest BCUT2D eigenvalue weighted by molar-refractivity contribution is -1.02. The predicted octanol–water partition coefficient (Wildman–Crippen LogP) is -1.05. The quantitative estimate of drug-likeness (QED) is 0.638. The van der Waals surface area contributed by atoms with Gasteiger partial charge in [-0.1, -0.05) is 29.8 Å². The molecule has 4 nitrogen and oxygen atoms in total. The number of nitrogens with one attached hydrogen (secondary N) is 3. The summed E-state index contributed by atoms with van der Waals surface area (Å²) in [5.74, 6) is 0.250. The highest BCUT2D eigenvalue weighted by Gasteiger charge is 2.33. The summed E-state index contributed by atoms with van der Waals surface area (Å²) in [6.07, 6.45) is 2.34. The van der Waals surface area contributed by atoms with E-state index in [9.17, 15) is 4.79 Å². The number of carbonyl (C=O) groups is 1. The number of amides is 1. The van der Waals surface area contributed by atoms with Crippen LogP contribution in [0, 0.1) is 6.92 Å². The highest BCUT2D eigenvalue weighted by molar-refractivity contribution is 5.80. The molecule has 3 N–H and O–H groups in total. The molecule has 1 aromatic rings. The van der Waals surface area contributed by atoms with Gasteiger partial charge in [0.05, 0.1) is 0 Å². The van der Waals surface area contributed by atoms with Crippen molar-refractivity contribution >= 4 is 5.91 Å². The Morgan fingerprint density at radius 3 is 2.64 bits per heavy atom. The molecule has 1 amide bonds. The molecule has 1 saturated heterocycles. The van der Waals surface area contributed by atoms with Gasteiger partial charge in [0, 0.05) is 11.6 Å². The Kier molecular flexibility index (Phi) is 4.79. The van der Waals surface area contributed by atoms with E-state index in [0.29, 0.717) is 6.04 Å². The van der Waals surface area contributed by atoms with E-state index in [1.807, 2.05) is 0 Å². The van der Waals surface area contributed by atoms with Gasteiger partial charge in [-0.3, -0.25) is 4.79 Å². The monoisotopic (exact) mass is 303 g/mol. The largest absolute Gasteiger partial charge is 0.348 e. The molecular weight excluding hydrogens is 274 g/mol. The van der Waals surface area contributed by atoms with Crippen molar-refractivity contribution in [3.8, 4) is 0 Å². The van der Waals surface area contributed by atoms with E-state index >= 15 is 0 Å². The van der Waals surface area contributed by atoms with E-state index in [-0.39, 0.29) is 11.9 Å². The van der Waals surface area contributed by atoms with Gasteiger partial charge in [0.2, 0.25) is 0 Å². The second-order valence-electron chi connectivity index (χ2n) is 7.08. The summed E-state index contributed by atoms with van der Waals surface area (Å²) < 4.78 is 0. The lowest BCUT2D eigenvalue weighted by Crippen LogP contribution is -3.29. The fourth-order valence-electron chi connectivity index (χ4n) is 3.38. The maximum Gasteiger partial charge on any atom is 0.278 e. The van der Waals surface area contributed by atoms with E-state index in [2.05, 4.69) is 43.4 Å². The van der Waals surface area contributed by atoms with Crippen LogP contribution in [0.3, 0.4) is 0 Å². The van der Waals surface area contributed by atoms with Crippen LogP contribution >= 0.6 is 0 Å². The minimum absolute atomic E-state index is 0.0983. The van der Waals surface area contributed by atoms with Gasteiger partial charge in [0.1, 0.15) is 32.7 Å². The van der Waals surface area contributed by atoms with E-state index in [0.717, 1.165) is 32.7 Å². The Balaban J connectivity index is 1.46. The summed E-state index contributed by atoms with van der Waals surface area (Å²) in [6, 6.07) is 9.39. The van der Waals surface area contributed by atoms with E-state index in [1.165, 1.54) is 28.9 Å². The number of aryl methyl sites for hydroxylation is 1. The van der Waals surface area contributed by atoms with Gasteiger partial charge in [-0.25, -0.2) is 0 Å². The maximum absolute atomic E-state index is 12.2. The molecule has 1 atom stereocenters. The first-order valence-corrected chi connectivity index (χ1v) is 8.66. The maximum atomic E-state index is 12.2. The Morgan fingerprint density at radius 1 is 1.27 bits per heavy atom. The average Bonchev–Trinajstić information content (AvgIpc) is 3.31. The summed E-state index contributed by atoms with van der Waals surface area (Å²) in [4.78, 5) is 15.3. The molecule has 1 saturated carbocycles. The zero-order valence-corrected chi connectivity index (χ0v) is 13.8. The number of quaternary nitrogens is 2. The number of rotatable bonds is 5. The SMILES string of the molecule is Cc1cccc(C[NH+]2CC[NH+]([C@@H](C)C(=O)NC3CC3)CC2)c1. The summed E-state index contributed by atoms with van der Waals surface area (Å²) in [5, 5.41) is 3.14. The number of piperazine rings is 1. The zero-order chi connectivity index (χ0) is 15.5. The fraction of sp³-hybridized carbons (Fsp3) is 0.611. The number of hydrogen-bond acceptors (Lipinski definition) is 1. The molecule has 0 radical (unpaired) electrons. The topological polar surface area (TPSA) is 38.0 Å². The standard InChI is InChI=1S/C18H27N3O/c1-14-4-3-5-16(12-14)13-20-8-10-21(11-9-20)15(2)18(22)19-17-6-7-17/h3-5,12,15,17H,6-11,13H2,1-2H3,(H,19,22)/p+2/t15-/m0/s1. The number of hydrogen-bond donors (Lipinski definition) is 3. The molecule has 120 valence electrons. The Hall–Kier alpha value is -1.39. The predicted molar refractivity (Wildman–Crippen MR) is 86.9 cm³/mol. The molecule has 22 heavy (non-hydrogen) atoms. The molecule has 4 heteroatoms. The Bertz CT molecular complexity index is 519. The van der Waals surface area contributed by atoms with Gasteiger partial charge in [-0.15, -0.1) is 0 Å². The van der Waals surface area contributed by atoms with Crippen LogP contribution < -0.4 is 15.1 Å². The van der Waals surface area contributed by atoms with Crippen LogP contribution in [0.5, 0.6) is 0 Å². The van der Waals surface area contributed by atoms with Crippen molar-refractivity contribution < 1.29 is 14.6 Å². The molecular formula is C18H29N3O+2. The molecule has 0 unspecified atom stereocenters. The first-order valence-electron chi connectivity index (χ1n) is 8.66. The summed E-state index contributed by atoms with van der Waals surface area (Å²) in [6.45, 7) is 9.85. The van der Waals surface area contributed by atoms with Gasteiger partial charge in [0.25, 0.3) is 5.91 Å². The molecule has 2 fully saturated rings. The highest BCUT2D eigenvalue weighted by atomic mass is 16.2. The smallest absolute Gasteiger partial charge is 0.278 e. The van der Waals surface area contributed by atoms with Gasteiger partial charge in [-0.05, 0) is 26.7 Å². The average molecular weight is 303 g/mol. The molecule has 3 rings (SSSR count). The van der Waals surface area contributed by atoms with Crippen molar-refractivity contribution in [3.05, 3.63) is 35.4 Å². The molecule has 1 aliphatic heterocycles. The molecule has 0 bridgehead atoms. The van der Waals surface area contributed by atoms with Crippen molar-refractivity contribution in [1.82, 2.24) is 5.32 Å². The van der Waals surface area contributed by atoms with Gasteiger partial charge >= 0.3 is 0 Å². The normalized spacial score (nSPS) is 26.5. The zero-order valence-electron chi connectivity index (χ0n) is 13.8.